The fourth-order valence-corrected chi connectivity index (χ4v) is 3.66. The van der Waals surface area contributed by atoms with E-state index in [2.05, 4.69) is 5.32 Å². The van der Waals surface area contributed by atoms with Gasteiger partial charge in [0.1, 0.15) is 5.75 Å². The second kappa shape index (κ2) is 8.25. The van der Waals surface area contributed by atoms with E-state index in [4.69, 9.17) is 4.74 Å². The molecule has 1 aliphatic rings. The highest BCUT2D eigenvalue weighted by Crippen LogP contribution is 2.37. The molecule has 1 aliphatic heterocycles. The Balaban J connectivity index is 1.82. The van der Waals surface area contributed by atoms with Crippen LogP contribution in [-0.2, 0) is 15.0 Å². The summed E-state index contributed by atoms with van der Waals surface area (Å²) >= 11 is 0. The van der Waals surface area contributed by atoms with E-state index in [-0.39, 0.29) is 11.8 Å². The second-order valence-corrected chi connectivity index (χ2v) is 6.87. The molecule has 1 heterocycles. The van der Waals surface area contributed by atoms with Crippen molar-refractivity contribution in [1.29, 1.82) is 0 Å². The molecule has 0 saturated carbocycles. The topological polar surface area (TPSA) is 58.6 Å². The van der Waals surface area contributed by atoms with Crippen molar-refractivity contribution in [3.8, 4) is 5.75 Å². The highest BCUT2D eigenvalue weighted by atomic mass is 16.5. The van der Waals surface area contributed by atoms with Crippen LogP contribution in [-0.4, -0.2) is 36.4 Å². The van der Waals surface area contributed by atoms with Gasteiger partial charge in [-0.1, -0.05) is 30.3 Å². The van der Waals surface area contributed by atoms with Crippen LogP contribution in [0.1, 0.15) is 32.3 Å². The number of nitrogens with one attached hydrogen (secondary N) is 1. The Morgan fingerprint density at radius 3 is 2.22 bits per heavy atom. The molecule has 1 fully saturated rings. The average molecular weight is 366 g/mol. The first-order valence-corrected chi connectivity index (χ1v) is 9.40. The zero-order valence-corrected chi connectivity index (χ0v) is 15.9. The van der Waals surface area contributed by atoms with Crippen LogP contribution < -0.4 is 10.1 Å². The molecule has 2 aromatic carbocycles. The quantitative estimate of drug-likeness (QED) is 0.879. The number of amides is 2. The molecule has 5 heteroatoms. The number of hydrogen-bond donors (Lipinski definition) is 1. The summed E-state index contributed by atoms with van der Waals surface area (Å²) in [6, 6.07) is 17.3. The van der Waals surface area contributed by atoms with E-state index >= 15 is 0 Å². The summed E-state index contributed by atoms with van der Waals surface area (Å²) < 4.78 is 5.46. The van der Waals surface area contributed by atoms with Crippen LogP contribution in [0, 0.1) is 0 Å². The Morgan fingerprint density at radius 2 is 1.67 bits per heavy atom. The van der Waals surface area contributed by atoms with Gasteiger partial charge in [0.15, 0.2) is 0 Å². The minimum absolute atomic E-state index is 0.0268. The van der Waals surface area contributed by atoms with Crippen molar-refractivity contribution >= 4 is 17.5 Å². The van der Waals surface area contributed by atoms with Gasteiger partial charge >= 0.3 is 0 Å². The normalized spacial score (nSPS) is 15.9. The molecular formula is C22H26N2O3. The first-order valence-electron chi connectivity index (χ1n) is 9.40. The van der Waals surface area contributed by atoms with Gasteiger partial charge in [0, 0.05) is 25.7 Å². The molecule has 1 saturated heterocycles. The van der Waals surface area contributed by atoms with Gasteiger partial charge in [0.25, 0.3) is 0 Å². The largest absolute Gasteiger partial charge is 0.494 e. The van der Waals surface area contributed by atoms with Gasteiger partial charge in [0.2, 0.25) is 11.8 Å². The number of anilines is 1. The van der Waals surface area contributed by atoms with E-state index in [1.165, 1.54) is 0 Å². The third-order valence-electron chi connectivity index (χ3n) is 5.25. The van der Waals surface area contributed by atoms with Crippen molar-refractivity contribution in [3.63, 3.8) is 0 Å². The summed E-state index contributed by atoms with van der Waals surface area (Å²) in [6.45, 7) is 5.29. The Labute approximate surface area is 160 Å². The van der Waals surface area contributed by atoms with Crippen LogP contribution in [0.2, 0.25) is 0 Å². The van der Waals surface area contributed by atoms with Crippen LogP contribution >= 0.6 is 0 Å². The van der Waals surface area contributed by atoms with Gasteiger partial charge in [-0.25, -0.2) is 0 Å². The number of ether oxygens (including phenoxy) is 1. The molecule has 1 N–H and O–H groups in total. The van der Waals surface area contributed by atoms with Gasteiger partial charge in [-0.05, 0) is 49.6 Å². The summed E-state index contributed by atoms with van der Waals surface area (Å²) in [5.41, 5.74) is 1.11. The van der Waals surface area contributed by atoms with Crippen molar-refractivity contribution in [3.05, 3.63) is 60.2 Å². The van der Waals surface area contributed by atoms with Gasteiger partial charge in [-0.3, -0.25) is 9.59 Å². The maximum Gasteiger partial charge on any atom is 0.235 e. The molecule has 5 nitrogen and oxygen atoms in total. The lowest BCUT2D eigenvalue weighted by atomic mass is 9.72. The van der Waals surface area contributed by atoms with Crippen molar-refractivity contribution in [2.24, 2.45) is 0 Å². The number of rotatable bonds is 5. The average Bonchev–Trinajstić information content (AvgIpc) is 2.70. The van der Waals surface area contributed by atoms with Crippen molar-refractivity contribution in [2.45, 2.75) is 32.1 Å². The van der Waals surface area contributed by atoms with Crippen LogP contribution in [0.3, 0.4) is 0 Å². The number of piperidine rings is 1. The second-order valence-electron chi connectivity index (χ2n) is 6.87. The molecule has 2 aromatic rings. The fourth-order valence-electron chi connectivity index (χ4n) is 3.66. The highest BCUT2D eigenvalue weighted by Gasteiger charge is 2.43. The zero-order chi connectivity index (χ0) is 19.3. The lowest BCUT2D eigenvalue weighted by molar-refractivity contribution is -0.133. The molecule has 0 spiro atoms. The molecule has 142 valence electrons. The third-order valence-corrected chi connectivity index (χ3v) is 5.25. The first-order chi connectivity index (χ1) is 13.0. The van der Waals surface area contributed by atoms with E-state index in [1.807, 2.05) is 66.4 Å². The third kappa shape index (κ3) is 4.13. The van der Waals surface area contributed by atoms with Gasteiger partial charge < -0.3 is 15.0 Å². The van der Waals surface area contributed by atoms with E-state index in [1.54, 1.807) is 6.92 Å². The fraction of sp³-hybridized carbons (Fsp3) is 0.364. The van der Waals surface area contributed by atoms with Crippen molar-refractivity contribution in [1.82, 2.24) is 4.90 Å². The maximum absolute atomic E-state index is 13.3. The lowest BCUT2D eigenvalue weighted by Gasteiger charge is -2.40. The van der Waals surface area contributed by atoms with E-state index in [9.17, 15) is 9.59 Å². The Hall–Kier alpha value is -2.82. The summed E-state index contributed by atoms with van der Waals surface area (Å²) in [4.78, 5) is 26.8. The molecule has 0 unspecified atom stereocenters. The van der Waals surface area contributed by atoms with Crippen LogP contribution in [0.15, 0.2) is 54.6 Å². The van der Waals surface area contributed by atoms with Crippen molar-refractivity contribution < 1.29 is 14.3 Å². The summed E-state index contributed by atoms with van der Waals surface area (Å²) in [7, 11) is 0. The molecule has 0 atom stereocenters. The maximum atomic E-state index is 13.3. The predicted molar refractivity (Wildman–Crippen MR) is 106 cm³/mol. The SMILES string of the molecule is CCOc1ccc(NC(=O)C2(c3ccccc3)CCN(C(C)=O)CC2)cc1. The standard InChI is InChI=1S/C22H26N2O3/c1-3-27-20-11-9-19(10-12-20)23-21(26)22(18-7-5-4-6-8-18)13-15-24(16-14-22)17(2)25/h4-12H,3,13-16H2,1-2H3,(H,23,26). The van der Waals surface area contributed by atoms with Gasteiger partial charge in [-0.15, -0.1) is 0 Å². The molecule has 0 aliphatic carbocycles. The van der Waals surface area contributed by atoms with E-state index < -0.39 is 5.41 Å². The Kier molecular flexibility index (Phi) is 5.79. The predicted octanol–water partition coefficient (Wildman–Crippen LogP) is 3.60. The Bertz CT molecular complexity index is 779. The zero-order valence-electron chi connectivity index (χ0n) is 15.9. The number of hydrogen-bond acceptors (Lipinski definition) is 3. The number of carbonyl (C=O) groups is 2. The molecule has 0 radical (unpaired) electrons. The summed E-state index contributed by atoms with van der Waals surface area (Å²) in [5.74, 6) is 0.813. The van der Waals surface area contributed by atoms with E-state index in [0.717, 1.165) is 17.0 Å². The highest BCUT2D eigenvalue weighted by molar-refractivity contribution is 5.99. The molecule has 3 rings (SSSR count). The number of nitrogens with zero attached hydrogens (tertiary/aromatic N) is 1. The molecular weight excluding hydrogens is 340 g/mol. The van der Waals surface area contributed by atoms with Crippen molar-refractivity contribution in [2.75, 3.05) is 25.0 Å². The monoisotopic (exact) mass is 366 g/mol. The molecule has 27 heavy (non-hydrogen) atoms. The van der Waals surface area contributed by atoms with Crippen LogP contribution in [0.5, 0.6) is 5.75 Å². The smallest absolute Gasteiger partial charge is 0.235 e. The lowest BCUT2D eigenvalue weighted by Crippen LogP contribution is -2.50. The number of carbonyl (C=O) groups excluding carboxylic acids is 2. The number of benzene rings is 2. The molecule has 2 amide bonds. The minimum atomic E-state index is -0.633. The summed E-state index contributed by atoms with van der Waals surface area (Å²) in [5, 5.41) is 3.07. The first kappa shape index (κ1) is 19.0. The van der Waals surface area contributed by atoms with Crippen LogP contribution in [0.4, 0.5) is 5.69 Å². The van der Waals surface area contributed by atoms with E-state index in [0.29, 0.717) is 32.5 Å². The van der Waals surface area contributed by atoms with Gasteiger partial charge in [-0.2, -0.15) is 0 Å². The number of likely N-dealkylation sites (tertiary alicyclic amines) is 1. The van der Waals surface area contributed by atoms with Gasteiger partial charge in [0.05, 0.1) is 12.0 Å². The Morgan fingerprint density at radius 1 is 1.04 bits per heavy atom. The molecule has 0 bridgehead atoms. The summed E-state index contributed by atoms with van der Waals surface area (Å²) in [6.07, 6.45) is 1.22. The van der Waals surface area contributed by atoms with Crippen LogP contribution in [0.25, 0.3) is 0 Å². The molecule has 0 aromatic heterocycles. The minimum Gasteiger partial charge on any atom is -0.494 e.